The molecule has 0 spiro atoms. The summed E-state index contributed by atoms with van der Waals surface area (Å²) in [5.74, 6) is 6.76. The monoisotopic (exact) mass is 340 g/mol. The summed E-state index contributed by atoms with van der Waals surface area (Å²) in [7, 11) is 0. The van der Waals surface area contributed by atoms with Gasteiger partial charge in [0.1, 0.15) is 0 Å². The van der Waals surface area contributed by atoms with E-state index >= 15 is 0 Å². The van der Waals surface area contributed by atoms with E-state index in [1.807, 2.05) is 0 Å². The molecular formula is C25H40. The highest BCUT2D eigenvalue weighted by Gasteiger charge is 2.55. The Kier molecular flexibility index (Phi) is 3.25. The van der Waals surface area contributed by atoms with Crippen molar-refractivity contribution in [3.63, 3.8) is 0 Å². The number of hydrogen-bond acceptors (Lipinski definition) is 0. The van der Waals surface area contributed by atoms with Gasteiger partial charge < -0.3 is 0 Å². The fraction of sp³-hybridized carbons (Fsp3) is 1.00. The summed E-state index contributed by atoms with van der Waals surface area (Å²) in [5, 5.41) is 0. The van der Waals surface area contributed by atoms with Crippen molar-refractivity contribution in [3.8, 4) is 0 Å². The first-order chi connectivity index (χ1) is 11.9. The molecule has 0 heterocycles. The highest BCUT2D eigenvalue weighted by Crippen LogP contribution is 2.67. The summed E-state index contributed by atoms with van der Waals surface area (Å²) in [5.41, 5.74) is 2.15. The molecule has 0 nitrogen and oxygen atoms in total. The van der Waals surface area contributed by atoms with Crippen molar-refractivity contribution in [2.45, 2.75) is 104 Å². The molecule has 0 amide bonds. The topological polar surface area (TPSA) is 0 Å². The fourth-order valence-corrected chi connectivity index (χ4v) is 11.1. The molecule has 0 heteroatoms. The first kappa shape index (κ1) is 16.0. The number of rotatable bonds is 4. The lowest BCUT2D eigenvalue weighted by Crippen LogP contribution is -2.50. The van der Waals surface area contributed by atoms with Gasteiger partial charge in [0.15, 0.2) is 0 Å². The van der Waals surface area contributed by atoms with E-state index < -0.39 is 0 Å². The SMILES string of the molecule is CC(C)(CC12CC3CC(CC(C3)C1)C2)CC12CC3CC(CC(C3)C1)C2. The third-order valence-electron chi connectivity index (χ3n) is 10.0. The average Bonchev–Trinajstić information content (AvgIpc) is 2.40. The molecule has 0 aromatic carbocycles. The Bertz CT molecular complexity index is 434. The zero-order valence-electron chi connectivity index (χ0n) is 16.9. The van der Waals surface area contributed by atoms with Crippen LogP contribution in [0.4, 0.5) is 0 Å². The van der Waals surface area contributed by atoms with Crippen molar-refractivity contribution >= 4 is 0 Å². The van der Waals surface area contributed by atoms with Crippen LogP contribution in [0.25, 0.3) is 0 Å². The smallest absolute Gasteiger partial charge is 0.0284 e. The summed E-state index contributed by atoms with van der Waals surface area (Å²) in [6.45, 7) is 5.37. The maximum atomic E-state index is 2.68. The molecule has 8 saturated carbocycles. The van der Waals surface area contributed by atoms with Gasteiger partial charge in [0.2, 0.25) is 0 Å². The lowest BCUT2D eigenvalue weighted by atomic mass is 9.44. The second kappa shape index (κ2) is 5.08. The Hall–Kier alpha value is 0. The molecule has 0 saturated heterocycles. The van der Waals surface area contributed by atoms with Gasteiger partial charge in [-0.3, -0.25) is 0 Å². The van der Waals surface area contributed by atoms with Crippen LogP contribution in [0.1, 0.15) is 104 Å². The van der Waals surface area contributed by atoms with Crippen LogP contribution in [0.5, 0.6) is 0 Å². The van der Waals surface area contributed by atoms with Crippen LogP contribution in [-0.2, 0) is 0 Å². The van der Waals surface area contributed by atoms with Crippen molar-refractivity contribution in [2.24, 2.45) is 51.8 Å². The largest absolute Gasteiger partial charge is 0.0599 e. The molecule has 140 valence electrons. The van der Waals surface area contributed by atoms with Crippen LogP contribution in [0, 0.1) is 51.8 Å². The van der Waals surface area contributed by atoms with Gasteiger partial charge in [0.05, 0.1) is 0 Å². The molecular weight excluding hydrogens is 300 g/mol. The van der Waals surface area contributed by atoms with Gasteiger partial charge in [-0.2, -0.15) is 0 Å². The van der Waals surface area contributed by atoms with Crippen LogP contribution in [0.15, 0.2) is 0 Å². The van der Waals surface area contributed by atoms with Gasteiger partial charge in [-0.1, -0.05) is 13.8 Å². The van der Waals surface area contributed by atoms with Gasteiger partial charge in [-0.05, 0) is 142 Å². The lowest BCUT2D eigenvalue weighted by Gasteiger charge is -2.61. The summed E-state index contributed by atoms with van der Waals surface area (Å²) in [6.07, 6.45) is 22.5. The molecule has 8 aliphatic carbocycles. The minimum absolute atomic E-state index is 0.595. The van der Waals surface area contributed by atoms with E-state index in [2.05, 4.69) is 13.8 Å². The third kappa shape index (κ3) is 2.67. The van der Waals surface area contributed by atoms with Crippen LogP contribution < -0.4 is 0 Å². The minimum atomic E-state index is 0.595. The molecule has 0 aromatic heterocycles. The molecule has 25 heavy (non-hydrogen) atoms. The second-order valence-electron chi connectivity index (χ2n) is 13.4. The second-order valence-corrected chi connectivity index (χ2v) is 13.4. The molecule has 0 aliphatic heterocycles. The molecule has 0 N–H and O–H groups in total. The Morgan fingerprint density at radius 2 is 0.760 bits per heavy atom. The van der Waals surface area contributed by atoms with E-state index in [0.29, 0.717) is 5.41 Å². The van der Waals surface area contributed by atoms with Gasteiger partial charge in [-0.15, -0.1) is 0 Å². The van der Waals surface area contributed by atoms with Crippen LogP contribution in [-0.4, -0.2) is 0 Å². The van der Waals surface area contributed by atoms with E-state index in [4.69, 9.17) is 0 Å². The maximum absolute atomic E-state index is 2.68. The van der Waals surface area contributed by atoms with Crippen molar-refractivity contribution in [1.29, 1.82) is 0 Å². The number of hydrogen-bond donors (Lipinski definition) is 0. The molecule has 0 aromatic rings. The summed E-state index contributed by atoms with van der Waals surface area (Å²) >= 11 is 0. The van der Waals surface area contributed by atoms with Crippen LogP contribution >= 0.6 is 0 Å². The first-order valence-electron chi connectivity index (χ1n) is 11.9. The zero-order valence-corrected chi connectivity index (χ0v) is 16.9. The van der Waals surface area contributed by atoms with Gasteiger partial charge in [0, 0.05) is 0 Å². The minimum Gasteiger partial charge on any atom is -0.0599 e. The van der Waals surface area contributed by atoms with Crippen molar-refractivity contribution in [1.82, 2.24) is 0 Å². The fourth-order valence-electron chi connectivity index (χ4n) is 11.1. The highest BCUT2D eigenvalue weighted by atomic mass is 14.6. The summed E-state index contributed by atoms with van der Waals surface area (Å²) < 4.78 is 0. The molecule has 8 rings (SSSR count). The molecule has 0 radical (unpaired) electrons. The van der Waals surface area contributed by atoms with Crippen molar-refractivity contribution in [2.75, 3.05) is 0 Å². The standard InChI is InChI=1S/C25H40/c1-23(2,15-24-9-17-3-18(10-24)5-19(4-17)11-24)16-25-12-20-6-21(13-25)8-22(7-20)14-25/h17-22H,3-16H2,1-2H3. The first-order valence-corrected chi connectivity index (χ1v) is 11.9. The molecule has 8 bridgehead atoms. The predicted octanol–water partition coefficient (Wildman–Crippen LogP) is 7.23. The Balaban J connectivity index is 1.21. The van der Waals surface area contributed by atoms with Crippen molar-refractivity contribution in [3.05, 3.63) is 0 Å². The van der Waals surface area contributed by atoms with Crippen molar-refractivity contribution < 1.29 is 0 Å². The average molecular weight is 341 g/mol. The van der Waals surface area contributed by atoms with E-state index in [9.17, 15) is 0 Å². The molecule has 0 unspecified atom stereocenters. The Morgan fingerprint density at radius 3 is 1.00 bits per heavy atom. The van der Waals surface area contributed by atoms with Gasteiger partial charge in [-0.25, -0.2) is 0 Å². The van der Waals surface area contributed by atoms with E-state index in [-0.39, 0.29) is 0 Å². The predicted molar refractivity (Wildman–Crippen MR) is 104 cm³/mol. The lowest BCUT2D eigenvalue weighted by molar-refractivity contribution is -0.103. The summed E-state index contributed by atoms with van der Waals surface area (Å²) in [6, 6.07) is 0. The van der Waals surface area contributed by atoms with Gasteiger partial charge >= 0.3 is 0 Å². The van der Waals surface area contributed by atoms with E-state index in [0.717, 1.165) is 46.3 Å². The normalized spacial score (nSPS) is 55.9. The highest BCUT2D eigenvalue weighted by molar-refractivity contribution is 5.06. The maximum Gasteiger partial charge on any atom is -0.0284 e. The molecule has 0 atom stereocenters. The van der Waals surface area contributed by atoms with Crippen LogP contribution in [0.2, 0.25) is 0 Å². The third-order valence-corrected chi connectivity index (χ3v) is 10.0. The van der Waals surface area contributed by atoms with Crippen LogP contribution in [0.3, 0.4) is 0 Å². The Labute approximate surface area is 155 Å². The molecule has 8 fully saturated rings. The van der Waals surface area contributed by atoms with Gasteiger partial charge in [0.25, 0.3) is 0 Å². The zero-order chi connectivity index (χ0) is 16.9. The Morgan fingerprint density at radius 1 is 0.520 bits per heavy atom. The quantitative estimate of drug-likeness (QED) is 0.506. The summed E-state index contributed by atoms with van der Waals surface area (Å²) in [4.78, 5) is 0. The van der Waals surface area contributed by atoms with E-state index in [1.165, 1.54) is 0 Å². The van der Waals surface area contributed by atoms with E-state index in [1.54, 1.807) is 89.9 Å². The molecule has 8 aliphatic rings.